The van der Waals surface area contributed by atoms with Crippen LogP contribution in [0, 0.1) is 5.92 Å². The van der Waals surface area contributed by atoms with Gasteiger partial charge in [-0.2, -0.15) is 0 Å². The van der Waals surface area contributed by atoms with Crippen molar-refractivity contribution in [1.82, 2.24) is 0 Å². The van der Waals surface area contributed by atoms with Crippen molar-refractivity contribution in [2.24, 2.45) is 5.92 Å². The molecule has 0 amide bonds. The summed E-state index contributed by atoms with van der Waals surface area (Å²) < 4.78 is 26.9. The molecule has 2 aliphatic rings. The number of ether oxygens (including phenoxy) is 5. The van der Waals surface area contributed by atoms with Gasteiger partial charge in [-0.25, -0.2) is 0 Å². The fraction of sp³-hybridized carbons (Fsp3) is 0.370. The maximum Gasteiger partial charge on any atom is 0.306 e. The number of fused-ring (bicyclic) bond motifs is 1. The average Bonchev–Trinajstić information content (AvgIpc) is 3.22. The lowest BCUT2D eigenvalue weighted by molar-refractivity contribution is -0.140. The Morgan fingerprint density at radius 3 is 2.34 bits per heavy atom. The first-order valence-electron chi connectivity index (χ1n) is 11.6. The van der Waals surface area contributed by atoms with Crippen LogP contribution in [0.4, 0.5) is 0 Å². The number of Topliss-reactive ketones (excluding diaryl/α,β-unsaturated/α-hetero) is 2. The molecule has 0 fully saturated rings. The molecule has 4 rings (SSSR count). The van der Waals surface area contributed by atoms with Crippen LogP contribution in [0.3, 0.4) is 0 Å². The highest BCUT2D eigenvalue weighted by molar-refractivity contribution is 6.35. The number of hydrogen-bond donors (Lipinski definition) is 2. The van der Waals surface area contributed by atoms with Crippen LogP contribution in [0.15, 0.2) is 35.6 Å². The number of rotatable bonds is 7. The number of esters is 1. The summed E-state index contributed by atoms with van der Waals surface area (Å²) in [5.41, 5.74) is -1.83. The lowest BCUT2D eigenvalue weighted by Crippen LogP contribution is -2.53. The molecule has 0 saturated heterocycles. The SMILES string of the molecule is COC(=O)C[C@H](C1=C(O)[C@@]2(Oc3c(Cl)c(OC)cc(OC)c3C2=O)[C@H](C)CC1=O)c1ccc(O)c(OC)c1. The number of halogens is 1. The molecule has 1 aliphatic carbocycles. The molecule has 0 unspecified atom stereocenters. The maximum atomic E-state index is 14.0. The lowest BCUT2D eigenvalue weighted by Gasteiger charge is -2.38. The van der Waals surface area contributed by atoms with Crippen LogP contribution in [-0.2, 0) is 14.3 Å². The fourth-order valence-corrected chi connectivity index (χ4v) is 5.35. The van der Waals surface area contributed by atoms with E-state index in [1.54, 1.807) is 6.92 Å². The largest absolute Gasteiger partial charge is 0.507 e. The predicted octanol–water partition coefficient (Wildman–Crippen LogP) is 4.15. The van der Waals surface area contributed by atoms with Crippen LogP contribution in [-0.4, -0.2) is 61.8 Å². The number of carbonyl (C=O) groups excluding carboxylic acids is 3. The number of phenols is 1. The number of aliphatic hydroxyl groups excluding tert-OH is 1. The minimum absolute atomic E-state index is 0.00113. The second-order valence-electron chi connectivity index (χ2n) is 9.02. The molecule has 2 aromatic carbocycles. The van der Waals surface area contributed by atoms with Crippen LogP contribution in [0.2, 0.25) is 5.02 Å². The van der Waals surface area contributed by atoms with Gasteiger partial charge in [0.2, 0.25) is 11.4 Å². The third-order valence-corrected chi connectivity index (χ3v) is 7.42. The minimum atomic E-state index is -2.01. The van der Waals surface area contributed by atoms with Crippen LogP contribution >= 0.6 is 11.6 Å². The number of carbonyl (C=O) groups is 3. The zero-order valence-electron chi connectivity index (χ0n) is 21.4. The Bertz CT molecular complexity index is 1360. The van der Waals surface area contributed by atoms with Gasteiger partial charge in [0.05, 0.1) is 34.9 Å². The van der Waals surface area contributed by atoms with Gasteiger partial charge in [0.25, 0.3) is 0 Å². The zero-order valence-corrected chi connectivity index (χ0v) is 22.2. The Morgan fingerprint density at radius 2 is 1.74 bits per heavy atom. The Kier molecular flexibility index (Phi) is 7.20. The highest BCUT2D eigenvalue weighted by atomic mass is 35.5. The van der Waals surface area contributed by atoms with Crippen LogP contribution < -0.4 is 18.9 Å². The van der Waals surface area contributed by atoms with Gasteiger partial charge in [-0.3, -0.25) is 14.4 Å². The highest BCUT2D eigenvalue weighted by Crippen LogP contribution is 2.56. The van der Waals surface area contributed by atoms with E-state index in [9.17, 15) is 24.6 Å². The van der Waals surface area contributed by atoms with Crippen molar-refractivity contribution >= 4 is 29.1 Å². The molecule has 1 spiro atoms. The number of hydrogen-bond acceptors (Lipinski definition) is 10. The molecule has 202 valence electrons. The van der Waals surface area contributed by atoms with E-state index in [2.05, 4.69) is 0 Å². The summed E-state index contributed by atoms with van der Waals surface area (Å²) in [5.74, 6) is -4.10. The molecule has 10 nitrogen and oxygen atoms in total. The summed E-state index contributed by atoms with van der Waals surface area (Å²) in [5, 5.41) is 21.8. The van der Waals surface area contributed by atoms with Gasteiger partial charge in [-0.05, 0) is 17.7 Å². The van der Waals surface area contributed by atoms with E-state index < -0.39 is 40.7 Å². The number of aliphatic hydroxyl groups is 1. The third-order valence-electron chi connectivity index (χ3n) is 7.06. The van der Waals surface area contributed by atoms with Crippen LogP contribution in [0.5, 0.6) is 28.7 Å². The molecule has 0 bridgehead atoms. The van der Waals surface area contributed by atoms with Crippen molar-refractivity contribution < 1.29 is 48.3 Å². The monoisotopic (exact) mass is 546 g/mol. The molecule has 2 aromatic rings. The quantitative estimate of drug-likeness (QED) is 0.487. The van der Waals surface area contributed by atoms with Gasteiger partial charge >= 0.3 is 5.97 Å². The number of ketones is 2. The predicted molar refractivity (Wildman–Crippen MR) is 135 cm³/mol. The second kappa shape index (κ2) is 10.1. The van der Waals surface area contributed by atoms with Gasteiger partial charge in [0, 0.05) is 29.9 Å². The van der Waals surface area contributed by atoms with E-state index in [1.165, 1.54) is 52.7 Å². The number of methoxy groups -OCH3 is 4. The molecule has 1 heterocycles. The minimum Gasteiger partial charge on any atom is -0.507 e. The van der Waals surface area contributed by atoms with E-state index >= 15 is 0 Å². The normalized spacial score (nSPS) is 21.2. The maximum absolute atomic E-state index is 14.0. The standard InChI is InChI=1S/C27H27ClO10/c1-12-8-16(30)21(14(10-20(31)37-5)13-6-7-15(29)17(9-13)34-2)25(32)27(12)26(33)22-18(35-3)11-19(36-4)23(28)24(22)38-27/h6-7,9,11-12,14,29,32H,8,10H2,1-5H3/t12-,14+,27+/m1/s1. The molecular weight excluding hydrogens is 520 g/mol. The number of allylic oxidation sites excluding steroid dienone is 1. The smallest absolute Gasteiger partial charge is 0.306 e. The summed E-state index contributed by atoms with van der Waals surface area (Å²) >= 11 is 6.48. The van der Waals surface area contributed by atoms with Gasteiger partial charge in [-0.1, -0.05) is 24.6 Å². The first-order valence-corrected chi connectivity index (χ1v) is 12.0. The Balaban J connectivity index is 1.96. The van der Waals surface area contributed by atoms with Crippen molar-refractivity contribution in [3.63, 3.8) is 0 Å². The number of benzene rings is 2. The van der Waals surface area contributed by atoms with Gasteiger partial charge in [0.1, 0.15) is 22.1 Å². The van der Waals surface area contributed by atoms with E-state index in [0.29, 0.717) is 5.56 Å². The fourth-order valence-electron chi connectivity index (χ4n) is 5.09. The summed E-state index contributed by atoms with van der Waals surface area (Å²) in [6.07, 6.45) is -0.526. The summed E-state index contributed by atoms with van der Waals surface area (Å²) in [6.45, 7) is 1.60. The van der Waals surface area contributed by atoms with Gasteiger partial charge in [-0.15, -0.1) is 0 Å². The molecule has 0 saturated carbocycles. The molecule has 3 atom stereocenters. The molecule has 11 heteroatoms. The lowest BCUT2D eigenvalue weighted by atomic mass is 9.69. The number of phenolic OH excluding ortho intramolecular Hbond substituents is 1. The van der Waals surface area contributed by atoms with Gasteiger partial charge < -0.3 is 33.9 Å². The highest BCUT2D eigenvalue weighted by Gasteiger charge is 2.61. The zero-order chi connectivity index (χ0) is 27.9. The topological polar surface area (TPSA) is 138 Å². The molecule has 0 radical (unpaired) electrons. The van der Waals surface area contributed by atoms with Crippen molar-refractivity contribution in [3.05, 3.63) is 51.7 Å². The van der Waals surface area contributed by atoms with E-state index in [-0.39, 0.29) is 57.7 Å². The first kappa shape index (κ1) is 27.1. The molecule has 38 heavy (non-hydrogen) atoms. The third kappa shape index (κ3) is 3.99. The van der Waals surface area contributed by atoms with Crippen molar-refractivity contribution in [3.8, 4) is 28.7 Å². The van der Waals surface area contributed by atoms with E-state index in [0.717, 1.165) is 0 Å². The first-order chi connectivity index (χ1) is 18.0. The van der Waals surface area contributed by atoms with Crippen LogP contribution in [0.25, 0.3) is 0 Å². The Labute approximate surface area is 223 Å². The summed E-state index contributed by atoms with van der Waals surface area (Å²) in [4.78, 5) is 39.9. The molecular formula is C27H27ClO10. The van der Waals surface area contributed by atoms with Crippen molar-refractivity contribution in [2.45, 2.75) is 31.3 Å². The van der Waals surface area contributed by atoms with Gasteiger partial charge in [0.15, 0.2) is 28.8 Å². The number of aromatic hydroxyl groups is 1. The summed E-state index contributed by atoms with van der Waals surface area (Å²) in [7, 11) is 5.29. The van der Waals surface area contributed by atoms with Crippen LogP contribution in [0.1, 0.15) is 41.6 Å². The molecule has 0 aromatic heterocycles. The molecule has 1 aliphatic heterocycles. The van der Waals surface area contributed by atoms with Crippen molar-refractivity contribution in [1.29, 1.82) is 0 Å². The molecule has 2 N–H and O–H groups in total. The summed E-state index contributed by atoms with van der Waals surface area (Å²) in [6, 6.07) is 5.70. The average molecular weight is 547 g/mol. The van der Waals surface area contributed by atoms with E-state index in [4.69, 9.17) is 35.3 Å². The second-order valence-corrected chi connectivity index (χ2v) is 9.40. The van der Waals surface area contributed by atoms with E-state index in [1.807, 2.05) is 0 Å². The Morgan fingerprint density at radius 1 is 1.08 bits per heavy atom. The van der Waals surface area contributed by atoms with Crippen molar-refractivity contribution in [2.75, 3.05) is 28.4 Å². The Hall–Kier alpha value is -3.92.